The summed E-state index contributed by atoms with van der Waals surface area (Å²) in [5.74, 6) is 0.769. The Labute approximate surface area is 101 Å². The highest BCUT2D eigenvalue weighted by atomic mass is 16.5. The molecule has 5 nitrogen and oxygen atoms in total. The lowest BCUT2D eigenvalue weighted by Crippen LogP contribution is -2.24. The molecular formula is C12H20N2O3. The third kappa shape index (κ3) is 2.17. The molecule has 0 bridgehead atoms. The molecule has 0 aromatic carbocycles. The molecule has 1 saturated heterocycles. The molecule has 3 atom stereocenters. The Bertz CT molecular complexity index is 378. The van der Waals surface area contributed by atoms with Crippen molar-refractivity contribution in [3.8, 4) is 5.75 Å². The van der Waals surface area contributed by atoms with Gasteiger partial charge in [-0.3, -0.25) is 4.68 Å². The number of hydrogen-bond donors (Lipinski definition) is 1. The SMILES string of the molecule is CCC1OCCC1C(O)c1c(OC)cnn1C. The molecule has 0 saturated carbocycles. The van der Waals surface area contributed by atoms with Gasteiger partial charge in [0.2, 0.25) is 0 Å². The maximum absolute atomic E-state index is 10.5. The largest absolute Gasteiger partial charge is 0.493 e. The Hall–Kier alpha value is -1.07. The summed E-state index contributed by atoms with van der Waals surface area (Å²) in [6, 6.07) is 0. The van der Waals surface area contributed by atoms with Crippen LogP contribution in [0.2, 0.25) is 0 Å². The number of aromatic nitrogens is 2. The van der Waals surface area contributed by atoms with Crippen LogP contribution in [0.3, 0.4) is 0 Å². The van der Waals surface area contributed by atoms with Crippen molar-refractivity contribution in [2.24, 2.45) is 13.0 Å². The van der Waals surface area contributed by atoms with Crippen LogP contribution in [-0.2, 0) is 11.8 Å². The zero-order chi connectivity index (χ0) is 12.4. The van der Waals surface area contributed by atoms with Crippen molar-refractivity contribution in [2.75, 3.05) is 13.7 Å². The molecule has 0 amide bonds. The van der Waals surface area contributed by atoms with E-state index in [0.29, 0.717) is 5.75 Å². The molecule has 2 rings (SSSR count). The summed E-state index contributed by atoms with van der Waals surface area (Å²) in [5.41, 5.74) is 0.737. The van der Waals surface area contributed by atoms with E-state index in [2.05, 4.69) is 12.0 Å². The van der Waals surface area contributed by atoms with Gasteiger partial charge in [0.25, 0.3) is 0 Å². The topological polar surface area (TPSA) is 56.5 Å². The first-order valence-electron chi connectivity index (χ1n) is 6.04. The van der Waals surface area contributed by atoms with Gasteiger partial charge in [-0.15, -0.1) is 0 Å². The van der Waals surface area contributed by atoms with E-state index >= 15 is 0 Å². The van der Waals surface area contributed by atoms with Crippen molar-refractivity contribution in [3.05, 3.63) is 11.9 Å². The van der Waals surface area contributed by atoms with E-state index in [-0.39, 0.29) is 12.0 Å². The Morgan fingerprint density at radius 1 is 1.71 bits per heavy atom. The highest BCUT2D eigenvalue weighted by Gasteiger charge is 2.36. The highest BCUT2D eigenvalue weighted by Crippen LogP contribution is 2.37. The molecule has 5 heteroatoms. The molecule has 3 unspecified atom stereocenters. The number of ether oxygens (including phenoxy) is 2. The summed E-state index contributed by atoms with van der Waals surface area (Å²) in [6.07, 6.45) is 2.99. The standard InChI is InChI=1S/C12H20N2O3/c1-4-9-8(5-6-17-9)12(15)11-10(16-3)7-13-14(11)2/h7-9,12,15H,4-6H2,1-3H3. The molecule has 1 aliphatic rings. The predicted molar refractivity (Wildman–Crippen MR) is 62.9 cm³/mol. The summed E-state index contributed by atoms with van der Waals surface area (Å²) in [6.45, 7) is 2.80. The lowest BCUT2D eigenvalue weighted by Gasteiger charge is -2.23. The van der Waals surface area contributed by atoms with E-state index in [1.807, 2.05) is 7.05 Å². The second kappa shape index (κ2) is 5.06. The zero-order valence-corrected chi connectivity index (χ0v) is 10.6. The average Bonchev–Trinajstić information content (AvgIpc) is 2.93. The fourth-order valence-corrected chi connectivity index (χ4v) is 2.57. The number of rotatable bonds is 4. The van der Waals surface area contributed by atoms with Gasteiger partial charge in [-0.25, -0.2) is 0 Å². The Balaban J connectivity index is 2.23. The third-order valence-electron chi connectivity index (χ3n) is 3.52. The van der Waals surface area contributed by atoms with Gasteiger partial charge in [0.15, 0.2) is 5.75 Å². The molecule has 1 aromatic heterocycles. The molecular weight excluding hydrogens is 220 g/mol. The lowest BCUT2D eigenvalue weighted by atomic mass is 9.91. The highest BCUT2D eigenvalue weighted by molar-refractivity contribution is 5.27. The molecule has 17 heavy (non-hydrogen) atoms. The van der Waals surface area contributed by atoms with Crippen molar-refractivity contribution >= 4 is 0 Å². The van der Waals surface area contributed by atoms with E-state index in [9.17, 15) is 5.11 Å². The first-order valence-corrected chi connectivity index (χ1v) is 6.04. The van der Waals surface area contributed by atoms with Crippen LogP contribution in [0.5, 0.6) is 5.75 Å². The minimum Gasteiger partial charge on any atom is -0.493 e. The molecule has 1 aliphatic heterocycles. The van der Waals surface area contributed by atoms with Gasteiger partial charge in [-0.2, -0.15) is 5.10 Å². The molecule has 96 valence electrons. The first-order chi connectivity index (χ1) is 8.19. The van der Waals surface area contributed by atoms with E-state index in [1.165, 1.54) is 0 Å². The molecule has 1 aromatic rings. The van der Waals surface area contributed by atoms with Crippen LogP contribution in [0.15, 0.2) is 6.20 Å². The van der Waals surface area contributed by atoms with Gasteiger partial charge in [0, 0.05) is 19.6 Å². The Morgan fingerprint density at radius 3 is 3.12 bits per heavy atom. The second-order valence-electron chi connectivity index (χ2n) is 4.44. The average molecular weight is 240 g/mol. The summed E-state index contributed by atoms with van der Waals surface area (Å²) in [4.78, 5) is 0. The monoisotopic (exact) mass is 240 g/mol. The van der Waals surface area contributed by atoms with E-state index in [1.54, 1.807) is 18.0 Å². The van der Waals surface area contributed by atoms with E-state index < -0.39 is 6.10 Å². The summed E-state index contributed by atoms with van der Waals surface area (Å²) >= 11 is 0. The third-order valence-corrected chi connectivity index (χ3v) is 3.52. The number of aliphatic hydroxyl groups is 1. The minimum atomic E-state index is -0.579. The maximum Gasteiger partial charge on any atom is 0.162 e. The first kappa shape index (κ1) is 12.4. The van der Waals surface area contributed by atoms with E-state index in [0.717, 1.165) is 25.1 Å². The van der Waals surface area contributed by atoms with Gasteiger partial charge in [-0.05, 0) is 12.8 Å². The summed E-state index contributed by atoms with van der Waals surface area (Å²) < 4.78 is 12.5. The Morgan fingerprint density at radius 2 is 2.47 bits per heavy atom. The van der Waals surface area contributed by atoms with Gasteiger partial charge < -0.3 is 14.6 Å². The normalized spacial score (nSPS) is 26.1. The van der Waals surface area contributed by atoms with Crippen LogP contribution in [-0.4, -0.2) is 34.7 Å². The van der Waals surface area contributed by atoms with Crippen molar-refractivity contribution in [1.82, 2.24) is 9.78 Å². The molecule has 0 radical (unpaired) electrons. The second-order valence-corrected chi connectivity index (χ2v) is 4.44. The van der Waals surface area contributed by atoms with Crippen LogP contribution in [0.4, 0.5) is 0 Å². The smallest absolute Gasteiger partial charge is 0.162 e. The summed E-state index contributed by atoms with van der Waals surface area (Å²) in [5, 5.41) is 14.6. The molecule has 0 spiro atoms. The van der Waals surface area contributed by atoms with Crippen molar-refractivity contribution in [3.63, 3.8) is 0 Å². The summed E-state index contributed by atoms with van der Waals surface area (Å²) in [7, 11) is 3.41. The van der Waals surface area contributed by atoms with Gasteiger partial charge in [0.05, 0.1) is 19.4 Å². The zero-order valence-electron chi connectivity index (χ0n) is 10.6. The number of aliphatic hydroxyl groups excluding tert-OH is 1. The molecule has 1 N–H and O–H groups in total. The van der Waals surface area contributed by atoms with E-state index in [4.69, 9.17) is 9.47 Å². The molecule has 2 heterocycles. The fourth-order valence-electron chi connectivity index (χ4n) is 2.57. The Kier molecular flexibility index (Phi) is 3.69. The van der Waals surface area contributed by atoms with Crippen LogP contribution >= 0.6 is 0 Å². The lowest BCUT2D eigenvalue weighted by molar-refractivity contribution is 0.0263. The van der Waals surface area contributed by atoms with Crippen molar-refractivity contribution in [1.29, 1.82) is 0 Å². The number of hydrogen-bond acceptors (Lipinski definition) is 4. The van der Waals surface area contributed by atoms with Crippen LogP contribution in [0, 0.1) is 5.92 Å². The van der Waals surface area contributed by atoms with Gasteiger partial charge in [-0.1, -0.05) is 6.92 Å². The van der Waals surface area contributed by atoms with Crippen LogP contribution in [0.25, 0.3) is 0 Å². The molecule has 0 aliphatic carbocycles. The van der Waals surface area contributed by atoms with Crippen molar-refractivity contribution in [2.45, 2.75) is 32.0 Å². The van der Waals surface area contributed by atoms with Crippen LogP contribution in [0.1, 0.15) is 31.6 Å². The fraction of sp³-hybridized carbons (Fsp3) is 0.750. The maximum atomic E-state index is 10.5. The van der Waals surface area contributed by atoms with Crippen molar-refractivity contribution < 1.29 is 14.6 Å². The number of methoxy groups -OCH3 is 1. The van der Waals surface area contributed by atoms with Crippen LogP contribution < -0.4 is 4.74 Å². The molecule has 1 fully saturated rings. The number of nitrogens with zero attached hydrogens (tertiary/aromatic N) is 2. The minimum absolute atomic E-state index is 0.129. The van der Waals surface area contributed by atoms with Gasteiger partial charge in [0.1, 0.15) is 11.8 Å². The predicted octanol–water partition coefficient (Wildman–Crippen LogP) is 1.28. The quantitative estimate of drug-likeness (QED) is 0.861. The number of aryl methyl sites for hydroxylation is 1. The van der Waals surface area contributed by atoms with Gasteiger partial charge >= 0.3 is 0 Å².